The van der Waals surface area contributed by atoms with Crippen molar-refractivity contribution in [2.24, 2.45) is 0 Å². The Morgan fingerprint density at radius 2 is 1.86 bits per heavy atom. The average molecular weight is 413 g/mol. The number of esters is 1. The van der Waals surface area contributed by atoms with Crippen LogP contribution < -0.4 is 9.62 Å². The minimum absolute atomic E-state index is 0.222. The molecule has 0 aliphatic carbocycles. The van der Waals surface area contributed by atoms with Crippen LogP contribution in [-0.4, -0.2) is 46.6 Å². The van der Waals surface area contributed by atoms with Gasteiger partial charge in [-0.15, -0.1) is 0 Å². The van der Waals surface area contributed by atoms with Crippen LogP contribution in [0.1, 0.15) is 43.9 Å². The lowest BCUT2D eigenvalue weighted by atomic mass is 9.94. The van der Waals surface area contributed by atoms with Crippen LogP contribution in [0.2, 0.25) is 0 Å². The highest BCUT2D eigenvalue weighted by molar-refractivity contribution is 7.84. The van der Waals surface area contributed by atoms with Gasteiger partial charge in [0.05, 0.1) is 12.3 Å². The molecule has 0 aromatic heterocycles. The maximum Gasteiger partial charge on any atom is 0.336 e. The lowest BCUT2D eigenvalue weighted by molar-refractivity contribution is -0.140. The summed E-state index contributed by atoms with van der Waals surface area (Å²) in [7, 11) is -2.83. The number of carbonyl (C=O) groups excluding carboxylic acids is 2. The Hall–Kier alpha value is -1.97. The smallest absolute Gasteiger partial charge is 0.336 e. The van der Waals surface area contributed by atoms with Crippen LogP contribution in [-0.2, 0) is 48.1 Å². The van der Waals surface area contributed by atoms with Gasteiger partial charge in [-0.3, -0.25) is 9.69 Å². The van der Waals surface area contributed by atoms with Crippen LogP contribution in [0.5, 0.6) is 0 Å². The summed E-state index contributed by atoms with van der Waals surface area (Å²) in [5.41, 5.74) is 3.65. The summed E-state index contributed by atoms with van der Waals surface area (Å²) in [5, 5.41) is 0. The summed E-state index contributed by atoms with van der Waals surface area (Å²) >= 11 is 0. The Morgan fingerprint density at radius 3 is 2.36 bits per heavy atom. The maximum atomic E-state index is 13.1. The van der Waals surface area contributed by atoms with Crippen LogP contribution in [0.25, 0.3) is 0 Å². The molecule has 1 unspecified atom stereocenters. The van der Waals surface area contributed by atoms with Crippen molar-refractivity contribution in [2.45, 2.75) is 52.5 Å². The quantitative estimate of drug-likeness (QED) is 0.617. The number of cyclic esters (lactones) is 1. The molecule has 1 aliphatic heterocycles. The molecule has 1 fully saturated rings. The molecule has 2 rings (SSSR count). The standard InChI is InChI=1S/C19H28N2O6S/c1-5-13-8-9-14(6-2)18(15(13)7-3)21(16-10-11-26-19(16)23)17(22)12-27-28(24,25)20-4/h8-9,16,20H,5-7,10-12H2,1-4H3. The monoisotopic (exact) mass is 412 g/mol. The van der Waals surface area contributed by atoms with Crippen molar-refractivity contribution in [1.29, 1.82) is 0 Å². The zero-order chi connectivity index (χ0) is 20.9. The first-order valence-electron chi connectivity index (χ1n) is 9.49. The molecule has 9 heteroatoms. The minimum Gasteiger partial charge on any atom is -0.464 e. The molecule has 156 valence electrons. The second kappa shape index (κ2) is 9.49. The topological polar surface area (TPSA) is 102 Å². The summed E-state index contributed by atoms with van der Waals surface area (Å²) in [4.78, 5) is 26.8. The van der Waals surface area contributed by atoms with Crippen LogP contribution in [0.3, 0.4) is 0 Å². The summed E-state index contributed by atoms with van der Waals surface area (Å²) < 4.78 is 35.0. The number of amides is 1. The Kier molecular flexibility index (Phi) is 7.56. The second-order valence-electron chi connectivity index (χ2n) is 6.43. The zero-order valence-electron chi connectivity index (χ0n) is 16.8. The Balaban J connectivity index is 2.56. The van der Waals surface area contributed by atoms with E-state index in [2.05, 4.69) is 0 Å². The first-order chi connectivity index (χ1) is 13.3. The fourth-order valence-corrected chi connectivity index (χ4v) is 3.84. The van der Waals surface area contributed by atoms with E-state index < -0.39 is 34.8 Å². The Bertz CT molecular complexity index is 837. The van der Waals surface area contributed by atoms with E-state index in [4.69, 9.17) is 8.92 Å². The maximum absolute atomic E-state index is 13.1. The summed E-state index contributed by atoms with van der Waals surface area (Å²) in [5.74, 6) is -1.09. The number of carbonyl (C=O) groups is 2. The van der Waals surface area contributed by atoms with Gasteiger partial charge in [-0.1, -0.05) is 32.9 Å². The van der Waals surface area contributed by atoms with Crippen molar-refractivity contribution in [1.82, 2.24) is 4.72 Å². The number of anilines is 1. The molecule has 0 saturated carbocycles. The van der Waals surface area contributed by atoms with E-state index in [0.717, 1.165) is 23.1 Å². The molecular weight excluding hydrogens is 384 g/mol. The van der Waals surface area contributed by atoms with Gasteiger partial charge in [0, 0.05) is 13.5 Å². The average Bonchev–Trinajstić information content (AvgIpc) is 3.11. The molecular formula is C19H28N2O6S. The van der Waals surface area contributed by atoms with Gasteiger partial charge < -0.3 is 4.74 Å². The molecule has 0 spiro atoms. The zero-order valence-corrected chi connectivity index (χ0v) is 17.6. The second-order valence-corrected chi connectivity index (χ2v) is 7.98. The number of rotatable bonds is 9. The fraction of sp³-hybridized carbons (Fsp3) is 0.579. The van der Waals surface area contributed by atoms with Gasteiger partial charge in [0.2, 0.25) is 0 Å². The van der Waals surface area contributed by atoms with E-state index in [0.29, 0.717) is 24.9 Å². The highest BCUT2D eigenvalue weighted by atomic mass is 32.2. The summed E-state index contributed by atoms with van der Waals surface area (Å²) in [6.07, 6.45) is 2.47. The summed E-state index contributed by atoms with van der Waals surface area (Å²) in [6, 6.07) is 3.20. The lowest BCUT2D eigenvalue weighted by Crippen LogP contribution is -2.46. The van der Waals surface area contributed by atoms with Crippen LogP contribution in [0.15, 0.2) is 12.1 Å². The first kappa shape index (κ1) is 22.3. The third-order valence-corrected chi connectivity index (χ3v) is 5.82. The number of benzene rings is 1. The highest BCUT2D eigenvalue weighted by Gasteiger charge is 2.38. The Labute approximate surface area is 166 Å². The van der Waals surface area contributed by atoms with Crippen LogP contribution in [0.4, 0.5) is 5.69 Å². The summed E-state index contributed by atoms with van der Waals surface area (Å²) in [6.45, 7) is 5.52. The first-order valence-corrected chi connectivity index (χ1v) is 10.9. The number of nitrogens with one attached hydrogen (secondary N) is 1. The van der Waals surface area contributed by atoms with Crippen LogP contribution in [0, 0.1) is 0 Å². The highest BCUT2D eigenvalue weighted by Crippen LogP contribution is 2.34. The molecule has 0 bridgehead atoms. The van der Waals surface area contributed by atoms with Crippen molar-refractivity contribution < 1.29 is 26.9 Å². The predicted octanol–water partition coefficient (Wildman–Crippen LogP) is 1.50. The number of ether oxygens (including phenoxy) is 1. The van der Waals surface area contributed by atoms with E-state index in [-0.39, 0.29) is 6.61 Å². The van der Waals surface area contributed by atoms with Crippen molar-refractivity contribution in [2.75, 3.05) is 25.2 Å². The molecule has 1 aromatic rings. The van der Waals surface area contributed by atoms with E-state index >= 15 is 0 Å². The molecule has 1 aromatic carbocycles. The molecule has 28 heavy (non-hydrogen) atoms. The van der Waals surface area contributed by atoms with Gasteiger partial charge in [-0.2, -0.15) is 13.1 Å². The minimum atomic E-state index is -4.03. The fourth-order valence-electron chi connectivity index (χ4n) is 3.47. The van der Waals surface area contributed by atoms with E-state index in [1.807, 2.05) is 37.6 Å². The predicted molar refractivity (Wildman–Crippen MR) is 105 cm³/mol. The molecule has 1 N–H and O–H groups in total. The van der Waals surface area contributed by atoms with Gasteiger partial charge in [0.25, 0.3) is 5.91 Å². The number of nitrogens with zero attached hydrogens (tertiary/aromatic N) is 1. The largest absolute Gasteiger partial charge is 0.464 e. The number of aryl methyl sites for hydroxylation is 2. The van der Waals surface area contributed by atoms with Gasteiger partial charge in [0.15, 0.2) is 0 Å². The number of hydrogen-bond acceptors (Lipinski definition) is 6. The van der Waals surface area contributed by atoms with Crippen LogP contribution >= 0.6 is 0 Å². The van der Waals surface area contributed by atoms with Gasteiger partial charge >= 0.3 is 16.3 Å². The van der Waals surface area contributed by atoms with E-state index in [1.165, 1.54) is 11.9 Å². The SMILES string of the molecule is CCc1ccc(CC)c(N(C(=O)COS(=O)(=O)NC)C2CCOC2=O)c1CC. The van der Waals surface area contributed by atoms with Crippen molar-refractivity contribution in [3.63, 3.8) is 0 Å². The molecule has 1 aliphatic rings. The van der Waals surface area contributed by atoms with E-state index in [9.17, 15) is 18.0 Å². The van der Waals surface area contributed by atoms with Gasteiger partial charge in [-0.25, -0.2) is 8.98 Å². The van der Waals surface area contributed by atoms with E-state index in [1.54, 1.807) is 0 Å². The van der Waals surface area contributed by atoms with Crippen molar-refractivity contribution in [3.05, 3.63) is 28.8 Å². The molecule has 1 heterocycles. The molecule has 1 amide bonds. The third kappa shape index (κ3) is 4.71. The molecule has 8 nitrogen and oxygen atoms in total. The van der Waals surface area contributed by atoms with Crippen molar-refractivity contribution in [3.8, 4) is 0 Å². The molecule has 1 atom stereocenters. The number of hydrogen-bond donors (Lipinski definition) is 1. The Morgan fingerprint density at radius 1 is 1.21 bits per heavy atom. The van der Waals surface area contributed by atoms with Gasteiger partial charge in [-0.05, 0) is 36.0 Å². The third-order valence-electron chi connectivity index (χ3n) is 4.90. The normalized spacial score (nSPS) is 16.9. The lowest BCUT2D eigenvalue weighted by Gasteiger charge is -2.31. The molecule has 0 radical (unpaired) electrons. The van der Waals surface area contributed by atoms with Crippen molar-refractivity contribution >= 4 is 27.9 Å². The molecule has 1 saturated heterocycles. The van der Waals surface area contributed by atoms with Gasteiger partial charge in [0.1, 0.15) is 12.6 Å².